The molecule has 1 amide bonds. The van der Waals surface area contributed by atoms with Crippen LogP contribution >= 0.6 is 27.3 Å². The van der Waals surface area contributed by atoms with Crippen LogP contribution in [0.25, 0.3) is 0 Å². The third kappa shape index (κ3) is 3.29. The Hall–Kier alpha value is -1.93. The molecule has 0 saturated carbocycles. The molecular formula is C16H17BrN4O2S. The fourth-order valence-electron chi connectivity index (χ4n) is 2.25. The van der Waals surface area contributed by atoms with Crippen molar-refractivity contribution in [1.29, 1.82) is 0 Å². The minimum absolute atomic E-state index is 0.260. The lowest BCUT2D eigenvalue weighted by atomic mass is 10.4. The molecule has 8 heteroatoms. The van der Waals surface area contributed by atoms with Crippen LogP contribution in [0.2, 0.25) is 0 Å². The third-order valence-electron chi connectivity index (χ3n) is 3.73. The average molecular weight is 409 g/mol. The molecule has 0 saturated heterocycles. The largest absolute Gasteiger partial charge is 0.454 e. The molecule has 0 spiro atoms. The number of aromatic nitrogens is 3. The van der Waals surface area contributed by atoms with E-state index < -0.39 is 0 Å². The molecule has 0 fully saturated rings. The molecule has 3 aromatic rings. The number of halogens is 1. The average Bonchev–Trinajstić information content (AvgIpc) is 3.17. The van der Waals surface area contributed by atoms with Crippen molar-refractivity contribution in [3.8, 4) is 0 Å². The van der Waals surface area contributed by atoms with E-state index in [0.29, 0.717) is 17.4 Å². The van der Waals surface area contributed by atoms with Gasteiger partial charge in [0.2, 0.25) is 0 Å². The van der Waals surface area contributed by atoms with E-state index in [1.54, 1.807) is 12.1 Å². The SMILES string of the molecule is Cc1nc(NC(=O)c2ccc(Cn3nc(C)c(Br)c3C)o2)sc1C. The fraction of sp³-hybridized carbons (Fsp3) is 0.312. The van der Waals surface area contributed by atoms with Gasteiger partial charge < -0.3 is 4.42 Å². The highest BCUT2D eigenvalue weighted by Crippen LogP contribution is 2.23. The molecule has 6 nitrogen and oxygen atoms in total. The van der Waals surface area contributed by atoms with E-state index in [1.165, 1.54) is 11.3 Å². The van der Waals surface area contributed by atoms with Crippen LogP contribution in [0.15, 0.2) is 21.0 Å². The summed E-state index contributed by atoms with van der Waals surface area (Å²) < 4.78 is 8.48. The highest BCUT2D eigenvalue weighted by atomic mass is 79.9. The number of anilines is 1. The summed E-state index contributed by atoms with van der Waals surface area (Å²) in [7, 11) is 0. The standard InChI is InChI=1S/C16H17BrN4O2S/c1-8-11(4)24-16(18-8)19-15(22)13-6-5-12(23-13)7-21-10(3)14(17)9(2)20-21/h5-6H,7H2,1-4H3,(H,18,19,22). The molecule has 3 aromatic heterocycles. The number of hydrogen-bond acceptors (Lipinski definition) is 5. The predicted octanol–water partition coefficient (Wildman–Crippen LogP) is 4.23. The normalized spacial score (nSPS) is 11.0. The molecule has 0 radical (unpaired) electrons. The van der Waals surface area contributed by atoms with Gasteiger partial charge in [0.05, 0.1) is 28.1 Å². The number of thiazole rings is 1. The van der Waals surface area contributed by atoms with Gasteiger partial charge in [0, 0.05) is 4.88 Å². The van der Waals surface area contributed by atoms with E-state index in [0.717, 1.165) is 26.4 Å². The van der Waals surface area contributed by atoms with E-state index in [9.17, 15) is 4.79 Å². The summed E-state index contributed by atoms with van der Waals surface area (Å²) in [5, 5.41) is 7.79. The number of hydrogen-bond donors (Lipinski definition) is 1. The van der Waals surface area contributed by atoms with Crippen LogP contribution < -0.4 is 5.32 Å². The number of rotatable bonds is 4. The van der Waals surface area contributed by atoms with Gasteiger partial charge in [-0.2, -0.15) is 5.10 Å². The number of nitrogens with one attached hydrogen (secondary N) is 1. The molecule has 0 aliphatic carbocycles. The molecule has 0 aromatic carbocycles. The molecule has 0 atom stereocenters. The molecule has 0 unspecified atom stereocenters. The molecular weight excluding hydrogens is 392 g/mol. The van der Waals surface area contributed by atoms with Crippen molar-refractivity contribution in [3.05, 3.63) is 50.1 Å². The Morgan fingerprint density at radius 1 is 1.29 bits per heavy atom. The van der Waals surface area contributed by atoms with Crippen molar-refractivity contribution in [3.63, 3.8) is 0 Å². The van der Waals surface area contributed by atoms with Crippen LogP contribution in [-0.4, -0.2) is 20.7 Å². The van der Waals surface area contributed by atoms with Crippen LogP contribution in [0.5, 0.6) is 0 Å². The minimum atomic E-state index is -0.301. The van der Waals surface area contributed by atoms with Crippen molar-refractivity contribution in [2.75, 3.05) is 5.32 Å². The highest BCUT2D eigenvalue weighted by molar-refractivity contribution is 9.10. The zero-order valence-electron chi connectivity index (χ0n) is 13.8. The van der Waals surface area contributed by atoms with Crippen LogP contribution in [0, 0.1) is 27.7 Å². The maximum atomic E-state index is 12.3. The zero-order chi connectivity index (χ0) is 17.4. The molecule has 0 aliphatic heterocycles. The quantitative estimate of drug-likeness (QED) is 0.700. The molecule has 3 heterocycles. The lowest BCUT2D eigenvalue weighted by Crippen LogP contribution is -2.10. The molecule has 24 heavy (non-hydrogen) atoms. The summed E-state index contributed by atoms with van der Waals surface area (Å²) in [6, 6.07) is 3.45. The first kappa shape index (κ1) is 16.9. The van der Waals surface area contributed by atoms with Crippen LogP contribution in [0.1, 0.15) is 38.3 Å². The van der Waals surface area contributed by atoms with Crippen molar-refractivity contribution < 1.29 is 9.21 Å². The Labute approximate surface area is 152 Å². The third-order valence-corrected chi connectivity index (χ3v) is 5.87. The zero-order valence-corrected chi connectivity index (χ0v) is 16.2. The predicted molar refractivity (Wildman–Crippen MR) is 96.8 cm³/mol. The summed E-state index contributed by atoms with van der Waals surface area (Å²) in [5.41, 5.74) is 2.86. The molecule has 126 valence electrons. The van der Waals surface area contributed by atoms with Gasteiger partial charge in [0.25, 0.3) is 5.91 Å². The maximum absolute atomic E-state index is 12.3. The first-order valence-electron chi connectivity index (χ1n) is 7.38. The fourth-order valence-corrected chi connectivity index (χ4v) is 3.34. The van der Waals surface area contributed by atoms with E-state index >= 15 is 0 Å². The van der Waals surface area contributed by atoms with Gasteiger partial charge in [-0.3, -0.25) is 14.8 Å². The summed E-state index contributed by atoms with van der Waals surface area (Å²) in [4.78, 5) is 17.6. The van der Waals surface area contributed by atoms with E-state index in [-0.39, 0.29) is 11.7 Å². The van der Waals surface area contributed by atoms with Gasteiger partial charge in [-0.25, -0.2) is 4.98 Å². The van der Waals surface area contributed by atoms with Crippen LogP contribution in [0.4, 0.5) is 5.13 Å². The Morgan fingerprint density at radius 2 is 2.04 bits per heavy atom. The van der Waals surface area contributed by atoms with Crippen molar-refractivity contribution in [2.45, 2.75) is 34.2 Å². The number of nitrogens with zero attached hydrogens (tertiary/aromatic N) is 3. The molecule has 0 bridgehead atoms. The number of aryl methyl sites for hydroxylation is 3. The number of carbonyl (C=O) groups is 1. The lowest BCUT2D eigenvalue weighted by Gasteiger charge is -2.02. The molecule has 1 N–H and O–H groups in total. The second-order valence-corrected chi connectivity index (χ2v) is 7.52. The minimum Gasteiger partial charge on any atom is -0.454 e. The number of amides is 1. The van der Waals surface area contributed by atoms with Crippen molar-refractivity contribution in [1.82, 2.24) is 14.8 Å². The molecule has 0 aliphatic rings. The Morgan fingerprint density at radius 3 is 2.62 bits per heavy atom. The van der Waals surface area contributed by atoms with Gasteiger partial charge in [-0.1, -0.05) is 0 Å². The van der Waals surface area contributed by atoms with E-state index in [1.807, 2.05) is 32.4 Å². The molecule has 3 rings (SSSR count). The topological polar surface area (TPSA) is 73.0 Å². The van der Waals surface area contributed by atoms with Crippen LogP contribution in [0.3, 0.4) is 0 Å². The van der Waals surface area contributed by atoms with E-state index in [4.69, 9.17) is 4.42 Å². The van der Waals surface area contributed by atoms with Gasteiger partial charge in [0.1, 0.15) is 5.76 Å². The van der Waals surface area contributed by atoms with Crippen molar-refractivity contribution >= 4 is 38.3 Å². The van der Waals surface area contributed by atoms with Crippen LogP contribution in [-0.2, 0) is 6.54 Å². The summed E-state index contributed by atoms with van der Waals surface area (Å²) in [6.07, 6.45) is 0. The summed E-state index contributed by atoms with van der Waals surface area (Å²) >= 11 is 4.95. The van der Waals surface area contributed by atoms with Gasteiger partial charge in [-0.05, 0) is 55.8 Å². The van der Waals surface area contributed by atoms with Gasteiger partial charge >= 0.3 is 0 Å². The second-order valence-electron chi connectivity index (χ2n) is 5.52. The summed E-state index contributed by atoms with van der Waals surface area (Å²) in [6.45, 7) is 8.28. The maximum Gasteiger partial charge on any atom is 0.293 e. The van der Waals surface area contributed by atoms with Gasteiger partial charge in [0.15, 0.2) is 10.9 Å². The number of furan rings is 1. The monoisotopic (exact) mass is 408 g/mol. The highest BCUT2D eigenvalue weighted by Gasteiger charge is 2.15. The van der Waals surface area contributed by atoms with Gasteiger partial charge in [-0.15, -0.1) is 11.3 Å². The lowest BCUT2D eigenvalue weighted by molar-refractivity contribution is 0.0994. The summed E-state index contributed by atoms with van der Waals surface area (Å²) in [5.74, 6) is 0.630. The van der Waals surface area contributed by atoms with E-state index in [2.05, 4.69) is 31.3 Å². The smallest absolute Gasteiger partial charge is 0.293 e. The first-order valence-corrected chi connectivity index (χ1v) is 8.99. The Bertz CT molecular complexity index is 890. The Kier molecular flexibility index (Phi) is 4.60. The second kappa shape index (κ2) is 6.52. The van der Waals surface area contributed by atoms with Crippen molar-refractivity contribution in [2.24, 2.45) is 0 Å². The Balaban J connectivity index is 1.72. The number of carbonyl (C=O) groups excluding carboxylic acids is 1. The first-order chi connectivity index (χ1) is 11.3.